The van der Waals surface area contributed by atoms with Crippen LogP contribution in [-0.2, 0) is 11.3 Å². The van der Waals surface area contributed by atoms with E-state index in [0.29, 0.717) is 6.54 Å². The fourth-order valence-corrected chi connectivity index (χ4v) is 3.41. The van der Waals surface area contributed by atoms with Gasteiger partial charge in [-0.1, -0.05) is 12.1 Å². The maximum absolute atomic E-state index is 9.18. The standard InChI is InChI=1S/C20H25N5O2/c1-24-13-17-19(22-14-24)12-18(23-20(17)21-6-9-26)15-2-4-16(5-3-15)25-7-10-27-11-8-25/h2-5,12,14,26H,6-11,13H2,1H3,(H,21,23). The van der Waals surface area contributed by atoms with E-state index < -0.39 is 0 Å². The van der Waals surface area contributed by atoms with E-state index in [4.69, 9.17) is 9.72 Å². The van der Waals surface area contributed by atoms with Gasteiger partial charge in [-0.25, -0.2) is 9.98 Å². The first-order valence-corrected chi connectivity index (χ1v) is 9.31. The summed E-state index contributed by atoms with van der Waals surface area (Å²) in [4.78, 5) is 13.7. The Morgan fingerprint density at radius 1 is 1.19 bits per heavy atom. The molecule has 142 valence electrons. The molecule has 0 amide bonds. The molecular weight excluding hydrogens is 342 g/mol. The number of aliphatic imine (C=N–C) groups is 1. The molecule has 0 atom stereocenters. The van der Waals surface area contributed by atoms with Crippen LogP contribution >= 0.6 is 0 Å². The molecule has 2 aliphatic rings. The summed E-state index contributed by atoms with van der Waals surface area (Å²) in [5, 5.41) is 12.4. The van der Waals surface area contributed by atoms with Gasteiger partial charge >= 0.3 is 0 Å². The Kier molecular flexibility index (Phi) is 5.22. The highest BCUT2D eigenvalue weighted by molar-refractivity contribution is 5.76. The summed E-state index contributed by atoms with van der Waals surface area (Å²) in [6.07, 6.45) is 1.84. The monoisotopic (exact) mass is 367 g/mol. The van der Waals surface area contributed by atoms with Gasteiger partial charge in [-0.3, -0.25) is 0 Å². The fourth-order valence-electron chi connectivity index (χ4n) is 3.41. The molecule has 2 aliphatic heterocycles. The zero-order chi connectivity index (χ0) is 18.6. The van der Waals surface area contributed by atoms with Crippen LogP contribution in [0.5, 0.6) is 0 Å². The van der Waals surface area contributed by atoms with Crippen LogP contribution < -0.4 is 10.2 Å². The lowest BCUT2D eigenvalue weighted by atomic mass is 10.1. The number of pyridine rings is 1. The quantitative estimate of drug-likeness (QED) is 0.843. The molecule has 0 bridgehead atoms. The molecule has 2 N–H and O–H groups in total. The number of aliphatic hydroxyl groups excluding tert-OH is 1. The smallest absolute Gasteiger partial charge is 0.133 e. The molecule has 0 saturated carbocycles. The van der Waals surface area contributed by atoms with Crippen LogP contribution in [0.25, 0.3) is 11.3 Å². The Labute approximate surface area is 159 Å². The molecule has 1 aromatic heterocycles. The minimum Gasteiger partial charge on any atom is -0.395 e. The third-order valence-corrected chi connectivity index (χ3v) is 4.85. The van der Waals surface area contributed by atoms with E-state index in [9.17, 15) is 5.11 Å². The van der Waals surface area contributed by atoms with Crippen LogP contribution in [0.15, 0.2) is 35.3 Å². The third-order valence-electron chi connectivity index (χ3n) is 4.85. The van der Waals surface area contributed by atoms with Gasteiger partial charge in [-0.15, -0.1) is 0 Å². The summed E-state index contributed by atoms with van der Waals surface area (Å²) in [6, 6.07) is 10.5. The molecule has 7 nitrogen and oxygen atoms in total. The van der Waals surface area contributed by atoms with Crippen molar-refractivity contribution in [3.05, 3.63) is 35.9 Å². The number of hydrogen-bond donors (Lipinski definition) is 2. The van der Waals surface area contributed by atoms with Crippen LogP contribution in [0.1, 0.15) is 5.56 Å². The van der Waals surface area contributed by atoms with Gasteiger partial charge < -0.3 is 25.0 Å². The average molecular weight is 367 g/mol. The van der Waals surface area contributed by atoms with Gasteiger partial charge in [-0.2, -0.15) is 0 Å². The topological polar surface area (TPSA) is 73.2 Å². The van der Waals surface area contributed by atoms with Gasteiger partial charge in [0.05, 0.1) is 37.5 Å². The molecule has 27 heavy (non-hydrogen) atoms. The van der Waals surface area contributed by atoms with Crippen molar-refractivity contribution in [2.75, 3.05) is 56.7 Å². The summed E-state index contributed by atoms with van der Waals surface area (Å²) < 4.78 is 5.43. The SMILES string of the molecule is CN1C=Nc2cc(-c3ccc(N4CCOCC4)cc3)nc(NCCO)c2C1. The highest BCUT2D eigenvalue weighted by atomic mass is 16.5. The van der Waals surface area contributed by atoms with Gasteiger partial charge in [0.25, 0.3) is 0 Å². The van der Waals surface area contributed by atoms with Gasteiger partial charge in [0.15, 0.2) is 0 Å². The number of benzene rings is 1. The number of aliphatic hydroxyl groups is 1. The summed E-state index contributed by atoms with van der Waals surface area (Å²) in [7, 11) is 1.99. The second kappa shape index (κ2) is 7.94. The lowest BCUT2D eigenvalue weighted by molar-refractivity contribution is 0.122. The number of aromatic nitrogens is 1. The highest BCUT2D eigenvalue weighted by Crippen LogP contribution is 2.34. The van der Waals surface area contributed by atoms with Crippen LogP contribution in [0.2, 0.25) is 0 Å². The van der Waals surface area contributed by atoms with Crippen LogP contribution in [-0.4, -0.2) is 67.8 Å². The third kappa shape index (κ3) is 3.89. The van der Waals surface area contributed by atoms with Crippen molar-refractivity contribution in [3.8, 4) is 11.3 Å². The van der Waals surface area contributed by atoms with Crippen LogP contribution in [0, 0.1) is 0 Å². The van der Waals surface area contributed by atoms with Crippen molar-refractivity contribution >= 4 is 23.5 Å². The van der Waals surface area contributed by atoms with E-state index >= 15 is 0 Å². The highest BCUT2D eigenvalue weighted by Gasteiger charge is 2.18. The number of nitrogens with zero attached hydrogens (tertiary/aromatic N) is 4. The van der Waals surface area contributed by atoms with E-state index in [1.54, 1.807) is 0 Å². The lowest BCUT2D eigenvalue weighted by Gasteiger charge is -2.29. The normalized spacial score (nSPS) is 16.4. The van der Waals surface area contributed by atoms with E-state index in [1.165, 1.54) is 5.69 Å². The number of rotatable bonds is 5. The Bertz CT molecular complexity index is 816. The first kappa shape index (κ1) is 17.8. The largest absolute Gasteiger partial charge is 0.395 e. The zero-order valence-corrected chi connectivity index (χ0v) is 15.6. The number of nitrogens with one attached hydrogen (secondary N) is 1. The molecule has 1 fully saturated rings. The second-order valence-electron chi connectivity index (χ2n) is 6.81. The Balaban J connectivity index is 1.64. The minimum absolute atomic E-state index is 0.0635. The van der Waals surface area contributed by atoms with E-state index in [1.807, 2.05) is 24.4 Å². The minimum atomic E-state index is 0.0635. The number of hydrogen-bond acceptors (Lipinski definition) is 7. The molecule has 0 radical (unpaired) electrons. The Hall–Kier alpha value is -2.64. The first-order chi connectivity index (χ1) is 13.2. The van der Waals surface area contributed by atoms with Crippen molar-refractivity contribution in [1.82, 2.24) is 9.88 Å². The maximum Gasteiger partial charge on any atom is 0.133 e. The van der Waals surface area contributed by atoms with Crippen molar-refractivity contribution < 1.29 is 9.84 Å². The van der Waals surface area contributed by atoms with Crippen LogP contribution in [0.4, 0.5) is 17.2 Å². The number of anilines is 2. The zero-order valence-electron chi connectivity index (χ0n) is 15.6. The van der Waals surface area contributed by atoms with Crippen molar-refractivity contribution in [1.29, 1.82) is 0 Å². The average Bonchev–Trinajstić information content (AvgIpc) is 2.73. The molecule has 1 saturated heterocycles. The van der Waals surface area contributed by atoms with Crippen molar-refractivity contribution in [2.24, 2.45) is 4.99 Å². The van der Waals surface area contributed by atoms with Gasteiger partial charge in [0.1, 0.15) is 5.82 Å². The van der Waals surface area contributed by atoms with Crippen molar-refractivity contribution in [3.63, 3.8) is 0 Å². The molecule has 0 aliphatic carbocycles. The molecule has 1 aromatic carbocycles. The summed E-state index contributed by atoms with van der Waals surface area (Å²) in [5.74, 6) is 0.789. The number of morpholine rings is 1. The van der Waals surface area contributed by atoms with Gasteiger partial charge in [0.2, 0.25) is 0 Å². The lowest BCUT2D eigenvalue weighted by Crippen LogP contribution is -2.36. The van der Waals surface area contributed by atoms with E-state index in [-0.39, 0.29) is 6.61 Å². The summed E-state index contributed by atoms with van der Waals surface area (Å²) >= 11 is 0. The van der Waals surface area contributed by atoms with Crippen molar-refractivity contribution in [2.45, 2.75) is 6.54 Å². The van der Waals surface area contributed by atoms with Gasteiger partial charge in [0, 0.05) is 50.0 Å². The number of fused-ring (bicyclic) bond motifs is 1. The first-order valence-electron chi connectivity index (χ1n) is 9.31. The molecule has 2 aromatic rings. The van der Waals surface area contributed by atoms with E-state index in [0.717, 1.165) is 61.2 Å². The Morgan fingerprint density at radius 3 is 2.70 bits per heavy atom. The predicted molar refractivity (Wildman–Crippen MR) is 108 cm³/mol. The van der Waals surface area contributed by atoms with Gasteiger partial charge in [-0.05, 0) is 18.2 Å². The molecule has 0 spiro atoms. The molecule has 3 heterocycles. The fraction of sp³-hybridized carbons (Fsp3) is 0.400. The summed E-state index contributed by atoms with van der Waals surface area (Å²) in [6.45, 7) is 4.68. The second-order valence-corrected chi connectivity index (χ2v) is 6.81. The molecule has 7 heteroatoms. The molecule has 4 rings (SSSR count). The Morgan fingerprint density at radius 2 is 1.96 bits per heavy atom. The van der Waals surface area contributed by atoms with E-state index in [2.05, 4.69) is 39.5 Å². The number of ether oxygens (including phenoxy) is 1. The molecular formula is C20H25N5O2. The predicted octanol–water partition coefficient (Wildman–Crippen LogP) is 2.09. The maximum atomic E-state index is 9.18. The summed E-state index contributed by atoms with van der Waals surface area (Å²) in [5.41, 5.74) is 5.12. The van der Waals surface area contributed by atoms with Crippen LogP contribution in [0.3, 0.4) is 0 Å². The molecule has 0 unspecified atom stereocenters.